The van der Waals surface area contributed by atoms with Crippen LogP contribution in [-0.2, 0) is 24.4 Å². The molecule has 0 aliphatic heterocycles. The Morgan fingerprint density at radius 2 is 1.62 bits per heavy atom. The second kappa shape index (κ2) is 8.71. The van der Waals surface area contributed by atoms with Gasteiger partial charge in [0.2, 0.25) is 0 Å². The van der Waals surface area contributed by atoms with Crippen LogP contribution in [0.4, 0.5) is 0 Å². The standard InChI is InChI=1S/C27H24N2O3/c30-27(31)22-14-7-13-21-25-23(28-32-18-20-11-5-2-6-12-20)15-8-16-24(25)29(26(21)22)17-19-9-3-1-4-10-19/h1-7,9-14H,8,15-18H2,(H,30,31). The van der Waals surface area contributed by atoms with Crippen LogP contribution in [0.25, 0.3) is 10.9 Å². The Balaban J connectivity index is 1.61. The number of aromatic carboxylic acids is 1. The molecule has 1 N–H and O–H groups in total. The maximum atomic E-state index is 12.1. The quantitative estimate of drug-likeness (QED) is 0.407. The van der Waals surface area contributed by atoms with Gasteiger partial charge in [0.1, 0.15) is 6.61 Å². The van der Waals surface area contributed by atoms with E-state index in [9.17, 15) is 9.90 Å². The Morgan fingerprint density at radius 3 is 2.34 bits per heavy atom. The van der Waals surface area contributed by atoms with Crippen molar-refractivity contribution in [3.05, 3.63) is 107 Å². The van der Waals surface area contributed by atoms with Crippen molar-refractivity contribution in [2.75, 3.05) is 0 Å². The van der Waals surface area contributed by atoms with Crippen LogP contribution in [0.3, 0.4) is 0 Å². The number of oxime groups is 1. The van der Waals surface area contributed by atoms with Gasteiger partial charge in [-0.2, -0.15) is 0 Å². The molecule has 5 heteroatoms. The van der Waals surface area contributed by atoms with E-state index in [0.717, 1.165) is 58.3 Å². The van der Waals surface area contributed by atoms with Crippen LogP contribution in [-0.4, -0.2) is 21.4 Å². The number of carbonyl (C=O) groups is 1. The fourth-order valence-corrected chi connectivity index (χ4v) is 4.55. The molecule has 0 amide bonds. The maximum absolute atomic E-state index is 12.1. The van der Waals surface area contributed by atoms with Gasteiger partial charge in [0, 0.05) is 23.2 Å². The lowest BCUT2D eigenvalue weighted by Crippen LogP contribution is -2.15. The van der Waals surface area contributed by atoms with E-state index < -0.39 is 5.97 Å². The molecule has 1 heterocycles. The first kappa shape index (κ1) is 20.1. The van der Waals surface area contributed by atoms with E-state index in [4.69, 9.17) is 4.84 Å². The average Bonchev–Trinajstić information content (AvgIpc) is 3.15. The number of hydrogen-bond acceptors (Lipinski definition) is 3. The summed E-state index contributed by atoms with van der Waals surface area (Å²) in [4.78, 5) is 17.8. The average molecular weight is 425 g/mol. The molecule has 0 saturated carbocycles. The Hall–Kier alpha value is -3.86. The molecule has 0 spiro atoms. The van der Waals surface area contributed by atoms with Gasteiger partial charge >= 0.3 is 5.97 Å². The molecule has 32 heavy (non-hydrogen) atoms. The van der Waals surface area contributed by atoms with Crippen LogP contribution in [0.5, 0.6) is 0 Å². The summed E-state index contributed by atoms with van der Waals surface area (Å²) in [5.41, 5.74) is 6.32. The lowest BCUT2D eigenvalue weighted by Gasteiger charge is -2.18. The summed E-state index contributed by atoms with van der Waals surface area (Å²) in [6.45, 7) is 1.03. The fraction of sp³-hybridized carbons (Fsp3) is 0.185. The van der Waals surface area contributed by atoms with Crippen LogP contribution in [0.15, 0.2) is 84.0 Å². The Kier molecular flexibility index (Phi) is 5.46. The van der Waals surface area contributed by atoms with Gasteiger partial charge in [-0.25, -0.2) is 4.79 Å². The van der Waals surface area contributed by atoms with Gasteiger partial charge in [0.15, 0.2) is 0 Å². The van der Waals surface area contributed by atoms with E-state index in [2.05, 4.69) is 21.9 Å². The number of benzene rings is 3. The normalized spacial score (nSPS) is 14.4. The zero-order valence-corrected chi connectivity index (χ0v) is 17.7. The molecule has 0 saturated heterocycles. The minimum absolute atomic E-state index is 0.317. The number of fused-ring (bicyclic) bond motifs is 3. The van der Waals surface area contributed by atoms with Gasteiger partial charge in [-0.3, -0.25) is 0 Å². The van der Waals surface area contributed by atoms with E-state index in [1.165, 1.54) is 0 Å². The molecule has 1 aromatic heterocycles. The van der Waals surface area contributed by atoms with Crippen molar-refractivity contribution in [1.29, 1.82) is 0 Å². The van der Waals surface area contributed by atoms with Crippen molar-refractivity contribution in [1.82, 2.24) is 4.57 Å². The van der Waals surface area contributed by atoms with Gasteiger partial charge in [-0.1, -0.05) is 78.0 Å². The molecule has 0 radical (unpaired) electrons. The fourth-order valence-electron chi connectivity index (χ4n) is 4.55. The summed E-state index contributed by atoms with van der Waals surface area (Å²) in [5, 5.41) is 15.3. The Bertz CT molecular complexity index is 1290. The first-order valence-electron chi connectivity index (χ1n) is 10.9. The van der Waals surface area contributed by atoms with Crippen LogP contribution < -0.4 is 0 Å². The van der Waals surface area contributed by atoms with E-state index in [0.29, 0.717) is 18.7 Å². The highest BCUT2D eigenvalue weighted by Crippen LogP contribution is 2.35. The number of aromatic nitrogens is 1. The van der Waals surface area contributed by atoms with E-state index >= 15 is 0 Å². The smallest absolute Gasteiger partial charge is 0.337 e. The summed E-state index contributed by atoms with van der Waals surface area (Å²) >= 11 is 0. The lowest BCUT2D eigenvalue weighted by molar-refractivity contribution is 0.0698. The molecule has 3 aromatic carbocycles. The summed E-state index contributed by atoms with van der Waals surface area (Å²) in [6.07, 6.45) is 2.64. The van der Waals surface area contributed by atoms with Gasteiger partial charge in [-0.15, -0.1) is 0 Å². The molecule has 0 unspecified atom stereocenters. The largest absolute Gasteiger partial charge is 0.478 e. The third kappa shape index (κ3) is 3.78. The predicted molar refractivity (Wildman–Crippen MR) is 125 cm³/mol. The third-order valence-corrected chi connectivity index (χ3v) is 5.97. The minimum Gasteiger partial charge on any atom is -0.478 e. The molecule has 1 aliphatic carbocycles. The Labute approximate surface area is 186 Å². The number of hydrogen-bond donors (Lipinski definition) is 1. The predicted octanol–water partition coefficient (Wildman–Crippen LogP) is 5.65. The second-order valence-electron chi connectivity index (χ2n) is 8.05. The van der Waals surface area contributed by atoms with Crippen LogP contribution >= 0.6 is 0 Å². The molecule has 0 fully saturated rings. The zero-order chi connectivity index (χ0) is 21.9. The van der Waals surface area contributed by atoms with Gasteiger partial charge in [-0.05, 0) is 36.5 Å². The van der Waals surface area contributed by atoms with Crippen molar-refractivity contribution in [3.8, 4) is 0 Å². The van der Waals surface area contributed by atoms with E-state index in [1.54, 1.807) is 6.07 Å². The highest BCUT2D eigenvalue weighted by molar-refractivity contribution is 6.16. The van der Waals surface area contributed by atoms with Crippen LogP contribution in [0.1, 0.15) is 45.6 Å². The molecule has 160 valence electrons. The summed E-state index contributed by atoms with van der Waals surface area (Å²) in [5.74, 6) is -0.918. The molecular weight excluding hydrogens is 400 g/mol. The molecule has 5 nitrogen and oxygen atoms in total. The van der Waals surface area contributed by atoms with Gasteiger partial charge in [0.05, 0.1) is 16.8 Å². The lowest BCUT2D eigenvalue weighted by atomic mass is 9.93. The highest BCUT2D eigenvalue weighted by Gasteiger charge is 2.27. The maximum Gasteiger partial charge on any atom is 0.337 e. The summed E-state index contributed by atoms with van der Waals surface area (Å²) in [7, 11) is 0. The zero-order valence-electron chi connectivity index (χ0n) is 17.7. The van der Waals surface area contributed by atoms with Gasteiger partial charge < -0.3 is 14.5 Å². The molecule has 5 rings (SSSR count). The number of carboxylic acids is 1. The highest BCUT2D eigenvalue weighted by atomic mass is 16.6. The van der Waals surface area contributed by atoms with Crippen LogP contribution in [0.2, 0.25) is 0 Å². The summed E-state index contributed by atoms with van der Waals surface area (Å²) in [6, 6.07) is 25.6. The molecule has 4 aromatic rings. The van der Waals surface area contributed by atoms with Crippen molar-refractivity contribution in [2.24, 2.45) is 5.16 Å². The first-order valence-corrected chi connectivity index (χ1v) is 10.9. The summed E-state index contributed by atoms with van der Waals surface area (Å²) < 4.78 is 2.16. The monoisotopic (exact) mass is 424 g/mol. The van der Waals surface area contributed by atoms with Crippen molar-refractivity contribution >= 4 is 22.6 Å². The number of carboxylic acid groups (broad SMARTS) is 1. The molecule has 1 aliphatic rings. The van der Waals surface area contributed by atoms with Crippen molar-refractivity contribution in [3.63, 3.8) is 0 Å². The SMILES string of the molecule is O=C(O)c1cccc2c3c(n(Cc4ccccc4)c12)CCCC3=NOCc1ccccc1. The van der Waals surface area contributed by atoms with E-state index in [1.807, 2.05) is 60.7 Å². The topological polar surface area (TPSA) is 63.8 Å². The number of rotatable bonds is 6. The molecular formula is C27H24N2O3. The van der Waals surface area contributed by atoms with E-state index in [-0.39, 0.29) is 0 Å². The first-order chi connectivity index (χ1) is 15.7. The Morgan fingerprint density at radius 1 is 0.906 bits per heavy atom. The number of nitrogens with zero attached hydrogens (tertiary/aromatic N) is 2. The molecule has 0 atom stereocenters. The third-order valence-electron chi connectivity index (χ3n) is 5.97. The van der Waals surface area contributed by atoms with Crippen molar-refractivity contribution in [2.45, 2.75) is 32.4 Å². The minimum atomic E-state index is -0.918. The van der Waals surface area contributed by atoms with Crippen molar-refractivity contribution < 1.29 is 14.7 Å². The van der Waals surface area contributed by atoms with Gasteiger partial charge in [0.25, 0.3) is 0 Å². The second-order valence-corrected chi connectivity index (χ2v) is 8.05. The number of para-hydroxylation sites is 1. The molecule has 0 bridgehead atoms. The van der Waals surface area contributed by atoms with Crippen LogP contribution in [0, 0.1) is 0 Å².